The van der Waals surface area contributed by atoms with Crippen LogP contribution >= 0.6 is 0 Å². The van der Waals surface area contributed by atoms with Crippen molar-refractivity contribution in [2.45, 2.75) is 52.7 Å². The minimum atomic E-state index is -0.492. The molecule has 0 radical (unpaired) electrons. The first-order chi connectivity index (χ1) is 18.9. The smallest absolute Gasteiger partial charge is 0.410 e. The minimum absolute atomic E-state index is 0.246. The number of ether oxygens (including phenoxy) is 2. The lowest BCUT2D eigenvalue weighted by atomic mass is 10.1. The number of piperazine rings is 2. The number of rotatable bonds is 4. The average molecular weight is 549 g/mol. The molecule has 2 heterocycles. The Bertz CT molecular complexity index is 1100. The van der Waals surface area contributed by atoms with Crippen LogP contribution in [0.4, 0.5) is 21.0 Å². The van der Waals surface area contributed by atoms with Gasteiger partial charge in [0, 0.05) is 63.7 Å². The van der Waals surface area contributed by atoms with Crippen molar-refractivity contribution in [1.29, 1.82) is 0 Å². The van der Waals surface area contributed by atoms with Crippen LogP contribution in [0, 0.1) is 0 Å². The summed E-state index contributed by atoms with van der Waals surface area (Å²) in [5.74, 6) is 0. The normalized spacial score (nSPS) is 16.9. The van der Waals surface area contributed by atoms with Crippen LogP contribution in [0.3, 0.4) is 0 Å². The molecule has 8 heteroatoms. The summed E-state index contributed by atoms with van der Waals surface area (Å²) in [7, 11) is 0. The van der Waals surface area contributed by atoms with Gasteiger partial charge in [0.1, 0.15) is 11.2 Å². The van der Waals surface area contributed by atoms with E-state index in [1.165, 1.54) is 0 Å². The molecule has 0 aliphatic carbocycles. The first kappa shape index (κ1) is 29.3. The molecule has 0 saturated carbocycles. The van der Waals surface area contributed by atoms with Gasteiger partial charge in [0.15, 0.2) is 0 Å². The molecular weight excluding hydrogens is 504 g/mol. The highest BCUT2D eigenvalue weighted by atomic mass is 16.6. The number of amides is 2. The lowest BCUT2D eigenvalue weighted by molar-refractivity contribution is 0.0230. The molecule has 2 aromatic carbocycles. The van der Waals surface area contributed by atoms with Gasteiger partial charge in [0.05, 0.1) is 0 Å². The SMILES string of the molecule is CC(C)(C)OC(=O)N1CCN(c2ccccc2/C=C\c2ccccc2N2CCN(C(=O)OC(C)(C)C)CC2)CC1. The third kappa shape index (κ3) is 7.93. The van der Waals surface area contributed by atoms with Crippen molar-refractivity contribution in [3.05, 3.63) is 59.7 Å². The highest BCUT2D eigenvalue weighted by Gasteiger charge is 2.28. The van der Waals surface area contributed by atoms with E-state index >= 15 is 0 Å². The fraction of sp³-hybridized carbons (Fsp3) is 0.500. The molecule has 0 aromatic heterocycles. The summed E-state index contributed by atoms with van der Waals surface area (Å²) in [6.07, 6.45) is 3.85. The topological polar surface area (TPSA) is 65.6 Å². The van der Waals surface area contributed by atoms with E-state index in [0.717, 1.165) is 48.7 Å². The summed E-state index contributed by atoms with van der Waals surface area (Å²) in [6, 6.07) is 16.8. The second kappa shape index (κ2) is 12.2. The van der Waals surface area contributed by atoms with Gasteiger partial charge in [-0.2, -0.15) is 0 Å². The number of para-hydroxylation sites is 2. The van der Waals surface area contributed by atoms with Gasteiger partial charge in [-0.25, -0.2) is 9.59 Å². The molecule has 4 rings (SSSR count). The highest BCUT2D eigenvalue weighted by Crippen LogP contribution is 2.28. The molecule has 2 fully saturated rings. The zero-order chi connectivity index (χ0) is 28.9. The Kier molecular flexibility index (Phi) is 8.96. The molecule has 0 N–H and O–H groups in total. The van der Waals surface area contributed by atoms with Gasteiger partial charge in [-0.3, -0.25) is 0 Å². The predicted molar refractivity (Wildman–Crippen MR) is 162 cm³/mol. The van der Waals surface area contributed by atoms with Gasteiger partial charge in [0.2, 0.25) is 0 Å². The van der Waals surface area contributed by atoms with Crippen LogP contribution in [0.1, 0.15) is 52.7 Å². The highest BCUT2D eigenvalue weighted by molar-refractivity contribution is 5.81. The molecular formula is C32H44N4O4. The number of anilines is 2. The van der Waals surface area contributed by atoms with E-state index in [4.69, 9.17) is 9.47 Å². The van der Waals surface area contributed by atoms with E-state index in [-0.39, 0.29) is 12.2 Å². The number of benzene rings is 2. The van der Waals surface area contributed by atoms with Gasteiger partial charge in [0.25, 0.3) is 0 Å². The van der Waals surface area contributed by atoms with Crippen molar-refractivity contribution in [2.24, 2.45) is 0 Å². The number of nitrogens with zero attached hydrogens (tertiary/aromatic N) is 4. The zero-order valence-corrected chi connectivity index (χ0v) is 24.9. The maximum atomic E-state index is 12.5. The number of carbonyl (C=O) groups is 2. The molecule has 8 nitrogen and oxygen atoms in total. The maximum absolute atomic E-state index is 12.5. The quantitative estimate of drug-likeness (QED) is 0.439. The molecule has 2 aromatic rings. The van der Waals surface area contributed by atoms with Gasteiger partial charge < -0.3 is 29.1 Å². The number of hydrogen-bond acceptors (Lipinski definition) is 6. The monoisotopic (exact) mass is 548 g/mol. The fourth-order valence-electron chi connectivity index (χ4n) is 4.93. The Morgan fingerprint density at radius 3 is 1.23 bits per heavy atom. The standard InChI is InChI=1S/C32H44N4O4/c1-31(2,3)39-29(37)35-21-17-33(18-22-35)27-13-9-7-11-25(27)15-16-26-12-8-10-14-28(26)34-19-23-36(24-20-34)30(38)40-32(4,5)6/h7-16H,17-24H2,1-6H3/b16-15-. The van der Waals surface area contributed by atoms with Crippen molar-refractivity contribution >= 4 is 35.7 Å². The van der Waals surface area contributed by atoms with E-state index in [1.54, 1.807) is 9.80 Å². The molecule has 2 amide bonds. The van der Waals surface area contributed by atoms with Crippen LogP contribution in [-0.2, 0) is 9.47 Å². The van der Waals surface area contributed by atoms with Crippen LogP contribution in [0.25, 0.3) is 12.2 Å². The Hall–Kier alpha value is -3.68. The molecule has 40 heavy (non-hydrogen) atoms. The molecule has 0 atom stereocenters. The average Bonchev–Trinajstić information content (AvgIpc) is 2.90. The molecule has 216 valence electrons. The zero-order valence-electron chi connectivity index (χ0n) is 24.9. The molecule has 2 aliphatic rings. The lowest BCUT2D eigenvalue weighted by Crippen LogP contribution is -2.50. The van der Waals surface area contributed by atoms with E-state index < -0.39 is 11.2 Å². The third-order valence-electron chi connectivity index (χ3n) is 6.86. The van der Waals surface area contributed by atoms with Crippen molar-refractivity contribution in [1.82, 2.24) is 9.80 Å². The van der Waals surface area contributed by atoms with Crippen molar-refractivity contribution in [3.63, 3.8) is 0 Å². The van der Waals surface area contributed by atoms with Crippen LogP contribution in [0.15, 0.2) is 48.5 Å². The largest absolute Gasteiger partial charge is 0.444 e. The van der Waals surface area contributed by atoms with Crippen LogP contribution in [0.2, 0.25) is 0 Å². The Morgan fingerprint density at radius 1 is 0.575 bits per heavy atom. The first-order valence-electron chi connectivity index (χ1n) is 14.2. The Labute approximate surface area is 239 Å². The van der Waals surface area contributed by atoms with Crippen molar-refractivity contribution in [2.75, 3.05) is 62.2 Å². The minimum Gasteiger partial charge on any atom is -0.444 e. The Morgan fingerprint density at radius 2 is 0.900 bits per heavy atom. The fourth-order valence-corrected chi connectivity index (χ4v) is 4.93. The van der Waals surface area contributed by atoms with Gasteiger partial charge in [-0.1, -0.05) is 48.6 Å². The summed E-state index contributed by atoms with van der Waals surface area (Å²) in [6.45, 7) is 16.9. The second-order valence-electron chi connectivity index (χ2n) is 12.4. The summed E-state index contributed by atoms with van der Waals surface area (Å²) in [5, 5.41) is 0. The maximum Gasteiger partial charge on any atom is 0.410 e. The molecule has 2 aliphatic heterocycles. The predicted octanol–water partition coefficient (Wildman–Crippen LogP) is 5.97. The van der Waals surface area contributed by atoms with Crippen LogP contribution in [0.5, 0.6) is 0 Å². The molecule has 0 spiro atoms. The van der Waals surface area contributed by atoms with Crippen LogP contribution in [-0.4, -0.2) is 85.5 Å². The summed E-state index contributed by atoms with van der Waals surface area (Å²) in [4.78, 5) is 33.2. The Balaban J connectivity index is 1.41. The first-order valence-corrected chi connectivity index (χ1v) is 14.2. The van der Waals surface area contributed by atoms with Crippen LogP contribution < -0.4 is 9.80 Å². The third-order valence-corrected chi connectivity index (χ3v) is 6.86. The van der Waals surface area contributed by atoms with Gasteiger partial charge >= 0.3 is 12.2 Å². The number of hydrogen-bond donors (Lipinski definition) is 0. The van der Waals surface area contributed by atoms with E-state index in [2.05, 4.69) is 70.5 Å². The summed E-state index contributed by atoms with van der Waals surface area (Å²) in [5.41, 5.74) is 3.61. The van der Waals surface area contributed by atoms with Gasteiger partial charge in [-0.05, 0) is 64.8 Å². The lowest BCUT2D eigenvalue weighted by Gasteiger charge is -2.37. The van der Waals surface area contributed by atoms with E-state index in [1.807, 2.05) is 41.5 Å². The number of carbonyl (C=O) groups excluding carboxylic acids is 2. The molecule has 0 unspecified atom stereocenters. The summed E-state index contributed by atoms with van der Waals surface area (Å²) >= 11 is 0. The molecule has 2 saturated heterocycles. The second-order valence-corrected chi connectivity index (χ2v) is 12.4. The summed E-state index contributed by atoms with van der Waals surface area (Å²) < 4.78 is 11.1. The van der Waals surface area contributed by atoms with Crippen molar-refractivity contribution in [3.8, 4) is 0 Å². The van der Waals surface area contributed by atoms with Crippen molar-refractivity contribution < 1.29 is 19.1 Å². The van der Waals surface area contributed by atoms with E-state index in [0.29, 0.717) is 26.2 Å². The van der Waals surface area contributed by atoms with Gasteiger partial charge in [-0.15, -0.1) is 0 Å². The molecule has 0 bridgehead atoms. The van der Waals surface area contributed by atoms with E-state index in [9.17, 15) is 9.59 Å².